The second kappa shape index (κ2) is 12.1. The molecule has 3 heterocycles. The summed E-state index contributed by atoms with van der Waals surface area (Å²) in [6.07, 6.45) is 0. The fourth-order valence-electron chi connectivity index (χ4n) is 8.23. The number of aromatic nitrogens is 4. The molecule has 0 amide bonds. The van der Waals surface area contributed by atoms with Gasteiger partial charge in [-0.3, -0.25) is 4.57 Å². The van der Waals surface area contributed by atoms with Crippen LogP contribution in [0.25, 0.3) is 99.7 Å². The smallest absolute Gasteiger partial charge is 0.235 e. The highest BCUT2D eigenvalue weighted by Crippen LogP contribution is 2.39. The Morgan fingerprint density at radius 2 is 0.796 bits per heavy atom. The zero-order valence-electron chi connectivity index (χ0n) is 29.3. The van der Waals surface area contributed by atoms with E-state index in [4.69, 9.17) is 9.97 Å². The second-order valence-corrected chi connectivity index (χ2v) is 13.8. The largest absolute Gasteiger partial charge is 0.309 e. The van der Waals surface area contributed by atoms with Crippen LogP contribution >= 0.6 is 0 Å². The van der Waals surface area contributed by atoms with Gasteiger partial charge in [0.2, 0.25) is 5.95 Å². The summed E-state index contributed by atoms with van der Waals surface area (Å²) < 4.78 is 4.61. The molecule has 0 radical (unpaired) electrons. The molecule has 0 saturated heterocycles. The van der Waals surface area contributed by atoms with Crippen molar-refractivity contribution < 1.29 is 0 Å². The van der Waals surface area contributed by atoms with Crippen LogP contribution in [0.2, 0.25) is 0 Å². The predicted molar refractivity (Wildman–Crippen MR) is 225 cm³/mol. The number of hydrogen-bond acceptors (Lipinski definition) is 2. The Kier molecular flexibility index (Phi) is 6.82. The molecule has 3 aromatic heterocycles. The van der Waals surface area contributed by atoms with Crippen LogP contribution in [0.3, 0.4) is 0 Å². The van der Waals surface area contributed by atoms with E-state index in [0.29, 0.717) is 5.95 Å². The number of hydrogen-bond donors (Lipinski definition) is 0. The van der Waals surface area contributed by atoms with Crippen molar-refractivity contribution in [2.24, 2.45) is 0 Å². The van der Waals surface area contributed by atoms with Crippen LogP contribution < -0.4 is 0 Å². The van der Waals surface area contributed by atoms with Gasteiger partial charge in [0.05, 0.1) is 33.3 Å². The molecule has 0 aliphatic carbocycles. The molecule has 0 saturated carbocycles. The van der Waals surface area contributed by atoms with Gasteiger partial charge in [-0.05, 0) is 76.9 Å². The zero-order chi connectivity index (χ0) is 35.6. The maximum Gasteiger partial charge on any atom is 0.235 e. The highest BCUT2D eigenvalue weighted by atomic mass is 15.2. The Hall–Kier alpha value is -7.30. The molecule has 8 aromatic carbocycles. The molecule has 4 nitrogen and oxygen atoms in total. The Balaban J connectivity index is 1.08. The van der Waals surface area contributed by atoms with Gasteiger partial charge in [0.15, 0.2) is 0 Å². The summed E-state index contributed by atoms with van der Waals surface area (Å²) in [6, 6.07) is 69.1. The van der Waals surface area contributed by atoms with Crippen LogP contribution in [-0.4, -0.2) is 19.1 Å². The molecule has 0 bridgehead atoms. The minimum absolute atomic E-state index is 0.664. The third kappa shape index (κ3) is 4.78. The van der Waals surface area contributed by atoms with E-state index in [2.05, 4.69) is 191 Å². The van der Waals surface area contributed by atoms with Crippen molar-refractivity contribution in [1.82, 2.24) is 19.1 Å². The number of para-hydroxylation sites is 3. The summed E-state index contributed by atoms with van der Waals surface area (Å²) in [5, 5.41) is 5.84. The zero-order valence-corrected chi connectivity index (χ0v) is 29.3. The monoisotopic (exact) mass is 688 g/mol. The molecule has 0 atom stereocenters. The summed E-state index contributed by atoms with van der Waals surface area (Å²) in [7, 11) is 0. The maximum absolute atomic E-state index is 5.26. The van der Waals surface area contributed by atoms with E-state index in [9.17, 15) is 0 Å². The molecule has 0 aliphatic rings. The summed E-state index contributed by atoms with van der Waals surface area (Å²) in [6.45, 7) is 0. The van der Waals surface area contributed by atoms with Gasteiger partial charge in [-0.2, -0.15) is 0 Å². The summed E-state index contributed by atoms with van der Waals surface area (Å²) in [5.41, 5.74) is 13.4. The molecule has 0 aliphatic heterocycles. The summed E-state index contributed by atoms with van der Waals surface area (Å²) in [5.74, 6) is 0.664. The lowest BCUT2D eigenvalue weighted by atomic mass is 10.0. The van der Waals surface area contributed by atoms with Crippen LogP contribution in [0.1, 0.15) is 0 Å². The predicted octanol–water partition coefficient (Wildman–Crippen LogP) is 12.8. The molecular weight excluding hydrogens is 657 g/mol. The van der Waals surface area contributed by atoms with Gasteiger partial charge in [-0.15, -0.1) is 0 Å². The molecular formula is C50H32N4. The first-order valence-corrected chi connectivity index (χ1v) is 18.3. The van der Waals surface area contributed by atoms with Crippen molar-refractivity contribution in [2.45, 2.75) is 0 Å². The van der Waals surface area contributed by atoms with Crippen LogP contribution in [0.15, 0.2) is 194 Å². The number of rotatable bonds is 5. The summed E-state index contributed by atoms with van der Waals surface area (Å²) >= 11 is 0. The molecule has 0 fully saturated rings. The lowest BCUT2D eigenvalue weighted by Crippen LogP contribution is -2.03. The molecule has 0 unspecified atom stereocenters. The average Bonchev–Trinajstić information content (AvgIpc) is 3.76. The normalized spacial score (nSPS) is 11.7. The van der Waals surface area contributed by atoms with Crippen LogP contribution in [-0.2, 0) is 0 Å². The van der Waals surface area contributed by atoms with E-state index in [-0.39, 0.29) is 0 Å². The third-order valence-corrected chi connectivity index (χ3v) is 10.7. The van der Waals surface area contributed by atoms with Gasteiger partial charge in [0, 0.05) is 38.2 Å². The fourth-order valence-corrected chi connectivity index (χ4v) is 8.23. The van der Waals surface area contributed by atoms with Gasteiger partial charge in [-0.25, -0.2) is 9.97 Å². The Morgan fingerprint density at radius 1 is 0.296 bits per heavy atom. The lowest BCUT2D eigenvalue weighted by Gasteiger charge is -2.12. The third-order valence-electron chi connectivity index (χ3n) is 10.7. The van der Waals surface area contributed by atoms with Crippen LogP contribution in [0.5, 0.6) is 0 Å². The molecule has 11 aromatic rings. The van der Waals surface area contributed by atoms with Crippen molar-refractivity contribution in [3.63, 3.8) is 0 Å². The van der Waals surface area contributed by atoms with Crippen LogP contribution in [0.4, 0.5) is 0 Å². The van der Waals surface area contributed by atoms with Gasteiger partial charge in [-0.1, -0.05) is 140 Å². The molecule has 0 N–H and O–H groups in total. The van der Waals surface area contributed by atoms with Crippen molar-refractivity contribution in [3.05, 3.63) is 194 Å². The quantitative estimate of drug-likeness (QED) is 0.180. The minimum Gasteiger partial charge on any atom is -0.309 e. The molecule has 11 rings (SSSR count). The van der Waals surface area contributed by atoms with Crippen molar-refractivity contribution in [2.75, 3.05) is 0 Å². The maximum atomic E-state index is 5.26. The van der Waals surface area contributed by atoms with E-state index >= 15 is 0 Å². The van der Waals surface area contributed by atoms with E-state index in [1.807, 2.05) is 12.1 Å². The molecule has 0 spiro atoms. The van der Waals surface area contributed by atoms with Gasteiger partial charge in [0.1, 0.15) is 0 Å². The molecule has 54 heavy (non-hydrogen) atoms. The van der Waals surface area contributed by atoms with E-state index in [0.717, 1.165) is 38.9 Å². The van der Waals surface area contributed by atoms with Crippen molar-refractivity contribution >= 4 is 54.5 Å². The topological polar surface area (TPSA) is 35.6 Å². The minimum atomic E-state index is 0.664. The Labute approximate surface area is 311 Å². The molecule has 4 heteroatoms. The van der Waals surface area contributed by atoms with E-state index < -0.39 is 0 Å². The first kappa shape index (κ1) is 30.3. The lowest BCUT2D eigenvalue weighted by molar-refractivity contribution is 1.01. The SMILES string of the molecule is c1ccc(-c2cccc(-n3c4ccccc4c4cc(-c5ccc6c(c5)c5ccccc5n6-c5nc(-c6ccccc6)c6ccccc6n5)ccc43)c2)cc1. The Bertz CT molecular complexity index is 3210. The Morgan fingerprint density at radius 3 is 1.48 bits per heavy atom. The van der Waals surface area contributed by atoms with Gasteiger partial charge >= 0.3 is 0 Å². The highest BCUT2D eigenvalue weighted by molar-refractivity contribution is 6.12. The average molecular weight is 689 g/mol. The van der Waals surface area contributed by atoms with E-state index in [1.54, 1.807) is 0 Å². The number of nitrogens with zero attached hydrogens (tertiary/aromatic N) is 4. The summed E-state index contributed by atoms with van der Waals surface area (Å²) in [4.78, 5) is 10.4. The van der Waals surface area contributed by atoms with Gasteiger partial charge < -0.3 is 4.57 Å². The van der Waals surface area contributed by atoms with Crippen molar-refractivity contribution in [3.8, 4) is 45.1 Å². The highest BCUT2D eigenvalue weighted by Gasteiger charge is 2.19. The van der Waals surface area contributed by atoms with E-state index in [1.165, 1.54) is 54.8 Å². The van der Waals surface area contributed by atoms with Crippen LogP contribution in [0, 0.1) is 0 Å². The van der Waals surface area contributed by atoms with Gasteiger partial charge in [0.25, 0.3) is 0 Å². The fraction of sp³-hybridized carbons (Fsp3) is 0. The number of benzene rings is 8. The first-order chi connectivity index (χ1) is 26.8. The van der Waals surface area contributed by atoms with Crippen molar-refractivity contribution in [1.29, 1.82) is 0 Å². The number of fused-ring (bicyclic) bond motifs is 7. The molecule has 252 valence electrons. The first-order valence-electron chi connectivity index (χ1n) is 18.3. The second-order valence-electron chi connectivity index (χ2n) is 13.8. The standard InChI is InChI=1S/C50H32N4/c1-3-14-33(15-4-1)35-18-13-19-38(30-35)53-45-24-11-8-20-39(45)42-31-36(26-28-47(42)53)37-27-29-48-43(32-37)40-21-9-12-25-46(40)54(48)50-51-44-23-10-7-22-41(44)49(52-50)34-16-5-2-6-17-34/h1-32H.